The lowest BCUT2D eigenvalue weighted by Crippen LogP contribution is -2.07. The number of pyridine rings is 1. The van der Waals surface area contributed by atoms with E-state index in [1.807, 2.05) is 25.1 Å². The molecule has 1 N–H and O–H groups in total. The van der Waals surface area contributed by atoms with Gasteiger partial charge in [-0.05, 0) is 31.9 Å². The molecule has 0 aliphatic carbocycles. The number of hydrogen-bond donors (Lipinski definition) is 1. The van der Waals surface area contributed by atoms with Crippen LogP contribution >= 0.6 is 0 Å². The van der Waals surface area contributed by atoms with E-state index in [4.69, 9.17) is 9.47 Å². The number of anilines is 1. The van der Waals surface area contributed by atoms with Crippen molar-refractivity contribution in [2.24, 2.45) is 0 Å². The van der Waals surface area contributed by atoms with E-state index >= 15 is 0 Å². The molecule has 96 valence electrons. The zero-order chi connectivity index (χ0) is 12.3. The molecule has 0 unspecified atom stereocenters. The number of aryl methyl sites for hydroxylation is 1. The zero-order valence-electron chi connectivity index (χ0n) is 10.7. The van der Waals surface area contributed by atoms with Crippen LogP contribution in [0.4, 0.5) is 5.82 Å². The van der Waals surface area contributed by atoms with Crippen LogP contribution in [0.5, 0.6) is 0 Å². The first-order valence-electron chi connectivity index (χ1n) is 6.07. The van der Waals surface area contributed by atoms with E-state index in [0.29, 0.717) is 13.2 Å². The van der Waals surface area contributed by atoms with Crippen LogP contribution in [0.1, 0.15) is 18.5 Å². The third-order valence-electron chi connectivity index (χ3n) is 2.34. The fraction of sp³-hybridized carbons (Fsp3) is 0.615. The van der Waals surface area contributed by atoms with Crippen molar-refractivity contribution in [1.82, 2.24) is 4.98 Å². The maximum absolute atomic E-state index is 5.38. The van der Waals surface area contributed by atoms with Gasteiger partial charge in [-0.1, -0.05) is 6.07 Å². The quantitative estimate of drug-likeness (QED) is 0.670. The number of ether oxygens (including phenoxy) is 2. The molecule has 1 heterocycles. The minimum atomic E-state index is 0.672. The molecule has 0 aliphatic heterocycles. The number of nitrogens with zero attached hydrogens (tertiary/aromatic N) is 1. The minimum Gasteiger partial charge on any atom is -0.382 e. The summed E-state index contributed by atoms with van der Waals surface area (Å²) in [6.07, 6.45) is 2.14. The molecule has 4 nitrogen and oxygen atoms in total. The molecule has 0 saturated heterocycles. The van der Waals surface area contributed by atoms with Gasteiger partial charge < -0.3 is 14.8 Å². The molecule has 0 spiro atoms. The zero-order valence-corrected chi connectivity index (χ0v) is 10.7. The molecular weight excluding hydrogens is 216 g/mol. The standard InChI is InChI=1S/C13H22N2O2/c1-12-6-5-7-13(15-12)14-8-3-4-9-17-11-10-16-2/h5-7H,3-4,8-11H2,1-2H3,(H,14,15). The Kier molecular flexibility index (Phi) is 7.34. The van der Waals surface area contributed by atoms with Crippen LogP contribution in [-0.4, -0.2) is 38.5 Å². The summed E-state index contributed by atoms with van der Waals surface area (Å²) in [5, 5.41) is 3.30. The lowest BCUT2D eigenvalue weighted by molar-refractivity contribution is 0.0691. The first-order chi connectivity index (χ1) is 8.33. The molecule has 0 amide bonds. The molecule has 1 aromatic heterocycles. The smallest absolute Gasteiger partial charge is 0.126 e. The SMILES string of the molecule is COCCOCCCCNc1cccc(C)n1. The summed E-state index contributed by atoms with van der Waals surface area (Å²) in [6, 6.07) is 6.00. The predicted molar refractivity (Wildman–Crippen MR) is 69.4 cm³/mol. The van der Waals surface area contributed by atoms with Gasteiger partial charge in [-0.25, -0.2) is 4.98 Å². The van der Waals surface area contributed by atoms with Crippen molar-refractivity contribution < 1.29 is 9.47 Å². The molecule has 0 atom stereocenters. The summed E-state index contributed by atoms with van der Waals surface area (Å²) in [5.41, 5.74) is 1.04. The summed E-state index contributed by atoms with van der Waals surface area (Å²) in [6.45, 7) is 5.08. The van der Waals surface area contributed by atoms with Gasteiger partial charge in [-0.3, -0.25) is 0 Å². The van der Waals surface area contributed by atoms with Crippen molar-refractivity contribution in [1.29, 1.82) is 0 Å². The van der Waals surface area contributed by atoms with E-state index in [1.54, 1.807) is 7.11 Å². The van der Waals surface area contributed by atoms with Gasteiger partial charge in [0, 0.05) is 26.0 Å². The number of rotatable bonds is 9. The first kappa shape index (κ1) is 13.9. The van der Waals surface area contributed by atoms with Gasteiger partial charge in [0.2, 0.25) is 0 Å². The molecule has 17 heavy (non-hydrogen) atoms. The van der Waals surface area contributed by atoms with Gasteiger partial charge in [0.25, 0.3) is 0 Å². The van der Waals surface area contributed by atoms with Gasteiger partial charge in [-0.2, -0.15) is 0 Å². The van der Waals surface area contributed by atoms with E-state index < -0.39 is 0 Å². The third kappa shape index (κ3) is 6.92. The normalized spacial score (nSPS) is 10.5. The van der Waals surface area contributed by atoms with Crippen LogP contribution in [-0.2, 0) is 9.47 Å². The largest absolute Gasteiger partial charge is 0.382 e. The monoisotopic (exact) mass is 238 g/mol. The molecule has 1 aromatic rings. The van der Waals surface area contributed by atoms with E-state index in [0.717, 1.165) is 37.5 Å². The number of unbranched alkanes of at least 4 members (excludes halogenated alkanes) is 1. The molecular formula is C13H22N2O2. The van der Waals surface area contributed by atoms with Crippen molar-refractivity contribution in [3.8, 4) is 0 Å². The maximum atomic E-state index is 5.38. The second kappa shape index (κ2) is 8.96. The van der Waals surface area contributed by atoms with Crippen LogP contribution in [0.25, 0.3) is 0 Å². The Morgan fingerprint density at radius 1 is 1.18 bits per heavy atom. The van der Waals surface area contributed by atoms with Crippen LogP contribution in [0, 0.1) is 6.92 Å². The van der Waals surface area contributed by atoms with Gasteiger partial charge in [0.05, 0.1) is 13.2 Å². The highest BCUT2D eigenvalue weighted by atomic mass is 16.5. The molecule has 0 saturated carbocycles. The van der Waals surface area contributed by atoms with Crippen molar-refractivity contribution in [2.75, 3.05) is 38.8 Å². The van der Waals surface area contributed by atoms with Gasteiger partial charge in [0.15, 0.2) is 0 Å². The second-order valence-corrected chi connectivity index (χ2v) is 3.90. The Balaban J connectivity index is 1.97. The summed E-state index contributed by atoms with van der Waals surface area (Å²) in [5.74, 6) is 0.949. The summed E-state index contributed by atoms with van der Waals surface area (Å²) in [4.78, 5) is 4.37. The molecule has 0 bridgehead atoms. The van der Waals surface area contributed by atoms with E-state index in [-0.39, 0.29) is 0 Å². The van der Waals surface area contributed by atoms with Gasteiger partial charge in [-0.15, -0.1) is 0 Å². The molecule has 0 aromatic carbocycles. The first-order valence-corrected chi connectivity index (χ1v) is 6.07. The fourth-order valence-corrected chi connectivity index (χ4v) is 1.43. The number of methoxy groups -OCH3 is 1. The van der Waals surface area contributed by atoms with E-state index in [1.165, 1.54) is 0 Å². The highest BCUT2D eigenvalue weighted by Crippen LogP contribution is 2.03. The Morgan fingerprint density at radius 3 is 2.82 bits per heavy atom. The summed E-state index contributed by atoms with van der Waals surface area (Å²) >= 11 is 0. The minimum absolute atomic E-state index is 0.672. The fourth-order valence-electron chi connectivity index (χ4n) is 1.43. The maximum Gasteiger partial charge on any atom is 0.126 e. The van der Waals surface area contributed by atoms with E-state index in [2.05, 4.69) is 10.3 Å². The second-order valence-electron chi connectivity index (χ2n) is 3.90. The van der Waals surface area contributed by atoms with E-state index in [9.17, 15) is 0 Å². The number of hydrogen-bond acceptors (Lipinski definition) is 4. The van der Waals surface area contributed by atoms with Crippen molar-refractivity contribution in [3.63, 3.8) is 0 Å². The predicted octanol–water partition coefficient (Wildman–Crippen LogP) is 2.25. The van der Waals surface area contributed by atoms with Crippen LogP contribution in [0.15, 0.2) is 18.2 Å². The number of nitrogens with one attached hydrogen (secondary N) is 1. The Labute approximate surface area is 103 Å². The van der Waals surface area contributed by atoms with Crippen LogP contribution < -0.4 is 5.32 Å². The topological polar surface area (TPSA) is 43.4 Å². The lowest BCUT2D eigenvalue weighted by atomic mass is 10.3. The van der Waals surface area contributed by atoms with Crippen molar-refractivity contribution >= 4 is 5.82 Å². The number of aromatic nitrogens is 1. The summed E-state index contributed by atoms with van der Waals surface area (Å²) < 4.78 is 10.3. The third-order valence-corrected chi connectivity index (χ3v) is 2.34. The van der Waals surface area contributed by atoms with Gasteiger partial charge >= 0.3 is 0 Å². The Bertz CT molecular complexity index is 305. The average Bonchev–Trinajstić information content (AvgIpc) is 2.33. The van der Waals surface area contributed by atoms with Crippen molar-refractivity contribution in [2.45, 2.75) is 19.8 Å². The highest BCUT2D eigenvalue weighted by Gasteiger charge is 1.94. The Morgan fingerprint density at radius 2 is 2.06 bits per heavy atom. The molecule has 0 aliphatic rings. The summed E-state index contributed by atoms with van der Waals surface area (Å²) in [7, 11) is 1.68. The average molecular weight is 238 g/mol. The lowest BCUT2D eigenvalue weighted by Gasteiger charge is -2.06. The highest BCUT2D eigenvalue weighted by molar-refractivity contribution is 5.34. The van der Waals surface area contributed by atoms with Gasteiger partial charge in [0.1, 0.15) is 5.82 Å². The van der Waals surface area contributed by atoms with Crippen molar-refractivity contribution in [3.05, 3.63) is 23.9 Å². The molecule has 1 rings (SSSR count). The van der Waals surface area contributed by atoms with Crippen LogP contribution in [0.3, 0.4) is 0 Å². The van der Waals surface area contributed by atoms with Crippen LogP contribution in [0.2, 0.25) is 0 Å². The molecule has 4 heteroatoms. The molecule has 0 fully saturated rings. The Hall–Kier alpha value is -1.13. The molecule has 0 radical (unpaired) electrons.